The van der Waals surface area contributed by atoms with Gasteiger partial charge < -0.3 is 15.4 Å². The molecule has 0 aromatic heterocycles. The van der Waals surface area contributed by atoms with Crippen molar-refractivity contribution in [1.29, 1.82) is 0 Å². The van der Waals surface area contributed by atoms with E-state index in [2.05, 4.69) is 10.6 Å². The van der Waals surface area contributed by atoms with E-state index in [-0.39, 0.29) is 0 Å². The molecule has 0 aliphatic carbocycles. The van der Waals surface area contributed by atoms with Crippen LogP contribution in [0.3, 0.4) is 0 Å². The van der Waals surface area contributed by atoms with Crippen LogP contribution in [0.4, 0.5) is 5.69 Å². The summed E-state index contributed by atoms with van der Waals surface area (Å²) in [5.41, 5.74) is 1.89. The molecule has 2 N–H and O–H groups in total. The van der Waals surface area contributed by atoms with E-state index in [0.29, 0.717) is 22.4 Å². The maximum absolute atomic E-state index is 5.98. The molecule has 2 aromatic rings. The first-order chi connectivity index (χ1) is 10.6. The largest absolute Gasteiger partial charge is 0.495 e. The van der Waals surface area contributed by atoms with Crippen molar-refractivity contribution < 1.29 is 4.74 Å². The Morgan fingerprint density at radius 2 is 1.91 bits per heavy atom. The lowest BCUT2D eigenvalue weighted by molar-refractivity contribution is 0.417. The van der Waals surface area contributed by atoms with E-state index >= 15 is 0 Å². The van der Waals surface area contributed by atoms with Gasteiger partial charge in [0, 0.05) is 16.6 Å². The van der Waals surface area contributed by atoms with Crippen LogP contribution in [0.2, 0.25) is 10.0 Å². The highest BCUT2D eigenvalue weighted by atomic mass is 35.5. The molecule has 22 heavy (non-hydrogen) atoms. The van der Waals surface area contributed by atoms with Crippen molar-refractivity contribution in [2.75, 3.05) is 19.0 Å². The third kappa shape index (κ3) is 5.05. The topological polar surface area (TPSA) is 33.3 Å². The second-order valence-electron chi connectivity index (χ2n) is 4.61. The van der Waals surface area contributed by atoms with Gasteiger partial charge in [-0.2, -0.15) is 0 Å². The maximum atomic E-state index is 5.98. The van der Waals surface area contributed by atoms with Crippen LogP contribution in [0.1, 0.15) is 5.56 Å². The lowest BCUT2D eigenvalue weighted by Crippen LogP contribution is -2.30. The monoisotopic (exact) mass is 354 g/mol. The number of hydrogen-bond donors (Lipinski definition) is 2. The van der Waals surface area contributed by atoms with Gasteiger partial charge in [-0.25, -0.2) is 0 Å². The van der Waals surface area contributed by atoms with E-state index in [9.17, 15) is 0 Å². The van der Waals surface area contributed by atoms with Gasteiger partial charge in [0.15, 0.2) is 5.11 Å². The zero-order valence-corrected chi connectivity index (χ0v) is 14.4. The van der Waals surface area contributed by atoms with Gasteiger partial charge in [0.1, 0.15) is 5.75 Å². The lowest BCUT2D eigenvalue weighted by Gasteiger charge is -2.13. The summed E-state index contributed by atoms with van der Waals surface area (Å²) in [5, 5.41) is 8.10. The molecule has 3 nitrogen and oxygen atoms in total. The Morgan fingerprint density at radius 3 is 2.64 bits per heavy atom. The van der Waals surface area contributed by atoms with Gasteiger partial charge in [0.25, 0.3) is 0 Å². The van der Waals surface area contributed by atoms with Crippen LogP contribution in [0, 0.1) is 0 Å². The van der Waals surface area contributed by atoms with Crippen LogP contribution < -0.4 is 15.4 Å². The molecule has 0 aliphatic rings. The van der Waals surface area contributed by atoms with Gasteiger partial charge in [-0.3, -0.25) is 0 Å². The van der Waals surface area contributed by atoms with Crippen LogP contribution in [-0.4, -0.2) is 18.8 Å². The average molecular weight is 355 g/mol. The summed E-state index contributed by atoms with van der Waals surface area (Å²) in [5.74, 6) is 0.684. The number of rotatable bonds is 5. The third-order valence-corrected chi connectivity index (χ3v) is 3.71. The fourth-order valence-electron chi connectivity index (χ4n) is 1.96. The number of thiocarbonyl (C=S) groups is 1. The summed E-state index contributed by atoms with van der Waals surface area (Å²) in [4.78, 5) is 0. The second-order valence-corrected chi connectivity index (χ2v) is 5.89. The summed E-state index contributed by atoms with van der Waals surface area (Å²) in [7, 11) is 1.60. The normalized spacial score (nSPS) is 10.1. The van der Waals surface area contributed by atoms with Crippen molar-refractivity contribution >= 4 is 46.2 Å². The van der Waals surface area contributed by atoms with Crippen molar-refractivity contribution in [2.45, 2.75) is 6.42 Å². The Hall–Kier alpha value is -1.49. The minimum absolute atomic E-state index is 0.516. The van der Waals surface area contributed by atoms with Crippen molar-refractivity contribution in [3.63, 3.8) is 0 Å². The Morgan fingerprint density at radius 1 is 1.14 bits per heavy atom. The molecule has 0 radical (unpaired) electrons. The Bertz CT molecular complexity index is 664. The number of benzene rings is 2. The molecule has 0 atom stereocenters. The Balaban J connectivity index is 1.87. The minimum Gasteiger partial charge on any atom is -0.495 e. The fraction of sp³-hybridized carbons (Fsp3) is 0.188. The van der Waals surface area contributed by atoms with Gasteiger partial charge in [-0.05, 0) is 54.5 Å². The molecule has 2 rings (SSSR count). The molecule has 6 heteroatoms. The molecule has 0 unspecified atom stereocenters. The van der Waals surface area contributed by atoms with Gasteiger partial charge in [0.2, 0.25) is 0 Å². The van der Waals surface area contributed by atoms with Crippen LogP contribution in [0.5, 0.6) is 5.75 Å². The van der Waals surface area contributed by atoms with Gasteiger partial charge >= 0.3 is 0 Å². The van der Waals surface area contributed by atoms with Gasteiger partial charge in [0.05, 0.1) is 12.8 Å². The van der Waals surface area contributed by atoms with Crippen molar-refractivity contribution in [2.24, 2.45) is 0 Å². The predicted molar refractivity (Wildman–Crippen MR) is 97.4 cm³/mol. The van der Waals surface area contributed by atoms with E-state index in [1.165, 1.54) is 0 Å². The number of halogens is 2. The summed E-state index contributed by atoms with van der Waals surface area (Å²) in [6, 6.07) is 13.1. The average Bonchev–Trinajstić information content (AvgIpc) is 2.47. The molecule has 0 saturated carbocycles. The van der Waals surface area contributed by atoms with E-state index in [0.717, 1.165) is 22.7 Å². The number of hydrogen-bond acceptors (Lipinski definition) is 2. The Kier molecular flexibility index (Phi) is 6.31. The summed E-state index contributed by atoms with van der Waals surface area (Å²) in [6.45, 7) is 0.703. The van der Waals surface area contributed by atoms with Crippen LogP contribution in [0.25, 0.3) is 0 Å². The first-order valence-corrected chi connectivity index (χ1v) is 7.88. The summed E-state index contributed by atoms with van der Waals surface area (Å²) < 4.78 is 5.26. The third-order valence-electron chi connectivity index (χ3n) is 3.00. The predicted octanol–water partition coefficient (Wildman–Crippen LogP) is 4.53. The Labute approximate surface area is 145 Å². The molecule has 0 aliphatic heterocycles. The molecule has 116 valence electrons. The first-order valence-electron chi connectivity index (χ1n) is 6.71. The molecular formula is C16H16Cl2N2OS. The minimum atomic E-state index is 0.516. The summed E-state index contributed by atoms with van der Waals surface area (Å²) >= 11 is 17.2. The number of anilines is 1. The van der Waals surface area contributed by atoms with Crippen LogP contribution >= 0.6 is 35.4 Å². The van der Waals surface area contributed by atoms with E-state index < -0.39 is 0 Å². The standard InChI is InChI=1S/C16H16Cl2N2OS/c1-21-15-6-5-13(18)10-14(15)20-16(22)19-8-7-11-3-2-4-12(17)9-11/h2-6,9-10H,7-8H2,1H3,(H2,19,20,22). The van der Waals surface area contributed by atoms with Gasteiger partial charge in [-0.15, -0.1) is 0 Å². The van der Waals surface area contributed by atoms with Crippen LogP contribution in [0.15, 0.2) is 42.5 Å². The molecule has 0 heterocycles. The summed E-state index contributed by atoms with van der Waals surface area (Å²) in [6.07, 6.45) is 0.828. The smallest absolute Gasteiger partial charge is 0.170 e. The molecule has 0 bridgehead atoms. The SMILES string of the molecule is COc1ccc(Cl)cc1NC(=S)NCCc1cccc(Cl)c1. The highest BCUT2D eigenvalue weighted by molar-refractivity contribution is 7.80. The van der Waals surface area contributed by atoms with Crippen molar-refractivity contribution in [3.05, 3.63) is 58.1 Å². The van der Waals surface area contributed by atoms with E-state index in [1.54, 1.807) is 25.3 Å². The molecule has 2 aromatic carbocycles. The zero-order chi connectivity index (χ0) is 15.9. The van der Waals surface area contributed by atoms with Crippen molar-refractivity contribution in [1.82, 2.24) is 5.32 Å². The quantitative estimate of drug-likeness (QED) is 0.772. The number of nitrogens with one attached hydrogen (secondary N) is 2. The number of methoxy groups -OCH3 is 1. The maximum Gasteiger partial charge on any atom is 0.170 e. The first kappa shape index (κ1) is 16.9. The molecule has 0 amide bonds. The van der Waals surface area contributed by atoms with Gasteiger partial charge in [-0.1, -0.05) is 35.3 Å². The van der Waals surface area contributed by atoms with Crippen molar-refractivity contribution in [3.8, 4) is 5.75 Å². The molecule has 0 saturated heterocycles. The fourth-order valence-corrected chi connectivity index (χ4v) is 2.55. The zero-order valence-electron chi connectivity index (χ0n) is 12.0. The lowest BCUT2D eigenvalue weighted by atomic mass is 10.1. The molecular weight excluding hydrogens is 339 g/mol. The highest BCUT2D eigenvalue weighted by Crippen LogP contribution is 2.27. The number of ether oxygens (including phenoxy) is 1. The van der Waals surface area contributed by atoms with E-state index in [1.807, 2.05) is 24.3 Å². The van der Waals surface area contributed by atoms with Crippen LogP contribution in [-0.2, 0) is 6.42 Å². The van der Waals surface area contributed by atoms with E-state index in [4.69, 9.17) is 40.2 Å². The molecule has 0 fully saturated rings. The highest BCUT2D eigenvalue weighted by Gasteiger charge is 2.05. The second kappa shape index (κ2) is 8.22. The molecule has 0 spiro atoms.